The summed E-state index contributed by atoms with van der Waals surface area (Å²) < 4.78 is 2.02. The molecule has 0 fully saturated rings. The average molecular weight is 232 g/mol. The van der Waals surface area contributed by atoms with E-state index in [0.29, 0.717) is 5.92 Å². The van der Waals surface area contributed by atoms with Crippen molar-refractivity contribution >= 4 is 12.4 Å². The van der Waals surface area contributed by atoms with Gasteiger partial charge in [-0.1, -0.05) is 20.8 Å². The Balaban J connectivity index is 0.00000196. The van der Waals surface area contributed by atoms with Crippen molar-refractivity contribution < 1.29 is 0 Å². The second kappa shape index (κ2) is 7.71. The van der Waals surface area contributed by atoms with E-state index in [1.54, 1.807) is 0 Å². The third-order valence-corrected chi connectivity index (χ3v) is 1.99. The largest absolute Gasteiger partial charge is 0.313 e. The Morgan fingerprint density at radius 2 is 2.20 bits per heavy atom. The van der Waals surface area contributed by atoms with Gasteiger partial charge in [0.15, 0.2) is 0 Å². The molecular weight excluding hydrogens is 210 g/mol. The maximum absolute atomic E-state index is 4.31. The fraction of sp³-hybridized carbons (Fsp3) is 0.727. The van der Waals surface area contributed by atoms with Crippen LogP contribution in [0.3, 0.4) is 0 Å². The zero-order valence-electron chi connectivity index (χ0n) is 9.86. The minimum atomic E-state index is 0. The molecule has 1 heterocycles. The standard InChI is InChI=1S/C11H21N3.ClH/c1-4-5-12-6-11-7-13-14(9-11)8-10(2)3;/h7,9-10,12H,4-6,8H2,1-3H3;1H. The molecule has 0 spiro atoms. The van der Waals surface area contributed by atoms with Crippen molar-refractivity contribution in [3.63, 3.8) is 0 Å². The number of aromatic nitrogens is 2. The van der Waals surface area contributed by atoms with Crippen molar-refractivity contribution in [2.24, 2.45) is 5.92 Å². The zero-order valence-corrected chi connectivity index (χ0v) is 10.7. The van der Waals surface area contributed by atoms with E-state index in [1.165, 1.54) is 12.0 Å². The van der Waals surface area contributed by atoms with Crippen molar-refractivity contribution in [2.75, 3.05) is 6.54 Å². The van der Waals surface area contributed by atoms with Gasteiger partial charge in [-0.3, -0.25) is 4.68 Å². The quantitative estimate of drug-likeness (QED) is 0.763. The van der Waals surface area contributed by atoms with Gasteiger partial charge in [0.2, 0.25) is 0 Å². The number of nitrogens with one attached hydrogen (secondary N) is 1. The molecule has 0 aromatic carbocycles. The van der Waals surface area contributed by atoms with Gasteiger partial charge in [-0.2, -0.15) is 5.10 Å². The summed E-state index contributed by atoms with van der Waals surface area (Å²) in [5.41, 5.74) is 1.28. The monoisotopic (exact) mass is 231 g/mol. The van der Waals surface area contributed by atoms with E-state index < -0.39 is 0 Å². The summed E-state index contributed by atoms with van der Waals surface area (Å²) in [4.78, 5) is 0. The summed E-state index contributed by atoms with van der Waals surface area (Å²) in [6, 6.07) is 0. The van der Waals surface area contributed by atoms with E-state index in [9.17, 15) is 0 Å². The van der Waals surface area contributed by atoms with Gasteiger partial charge in [-0.15, -0.1) is 12.4 Å². The molecule has 4 heteroatoms. The molecule has 0 aliphatic heterocycles. The lowest BCUT2D eigenvalue weighted by atomic mass is 10.2. The fourth-order valence-electron chi connectivity index (χ4n) is 1.38. The Bertz CT molecular complexity index is 258. The summed E-state index contributed by atoms with van der Waals surface area (Å²) in [5.74, 6) is 0.659. The Morgan fingerprint density at radius 3 is 2.80 bits per heavy atom. The fourth-order valence-corrected chi connectivity index (χ4v) is 1.38. The zero-order chi connectivity index (χ0) is 10.4. The highest BCUT2D eigenvalue weighted by Crippen LogP contribution is 2.01. The normalized spacial score (nSPS) is 10.4. The van der Waals surface area contributed by atoms with Gasteiger partial charge in [0.25, 0.3) is 0 Å². The highest BCUT2D eigenvalue weighted by molar-refractivity contribution is 5.85. The first-order chi connectivity index (χ1) is 6.72. The van der Waals surface area contributed by atoms with Crippen molar-refractivity contribution in [3.8, 4) is 0 Å². The summed E-state index contributed by atoms with van der Waals surface area (Å²) in [6.07, 6.45) is 5.26. The van der Waals surface area contributed by atoms with Crippen LogP contribution in [0.25, 0.3) is 0 Å². The summed E-state index contributed by atoms with van der Waals surface area (Å²) in [7, 11) is 0. The molecule has 0 aliphatic rings. The maximum Gasteiger partial charge on any atom is 0.0534 e. The van der Waals surface area contributed by atoms with Gasteiger partial charge < -0.3 is 5.32 Å². The van der Waals surface area contributed by atoms with Crippen molar-refractivity contribution in [3.05, 3.63) is 18.0 Å². The maximum atomic E-state index is 4.31. The smallest absolute Gasteiger partial charge is 0.0534 e. The Hall–Kier alpha value is -0.540. The van der Waals surface area contributed by atoms with Crippen LogP contribution in [0.2, 0.25) is 0 Å². The van der Waals surface area contributed by atoms with Crippen molar-refractivity contribution in [1.29, 1.82) is 0 Å². The Morgan fingerprint density at radius 1 is 1.47 bits per heavy atom. The van der Waals surface area contributed by atoms with E-state index >= 15 is 0 Å². The second-order valence-corrected chi connectivity index (χ2v) is 4.14. The third-order valence-electron chi connectivity index (χ3n) is 1.99. The molecule has 0 radical (unpaired) electrons. The highest BCUT2D eigenvalue weighted by atomic mass is 35.5. The molecular formula is C11H22ClN3. The lowest BCUT2D eigenvalue weighted by Crippen LogP contribution is -2.13. The first-order valence-corrected chi connectivity index (χ1v) is 5.44. The molecule has 0 aliphatic carbocycles. The van der Waals surface area contributed by atoms with E-state index in [2.05, 4.69) is 37.4 Å². The second-order valence-electron chi connectivity index (χ2n) is 4.14. The van der Waals surface area contributed by atoms with Crippen LogP contribution in [0.1, 0.15) is 32.8 Å². The molecule has 0 saturated heterocycles. The molecule has 1 aromatic rings. The lowest BCUT2D eigenvalue weighted by Gasteiger charge is -2.03. The van der Waals surface area contributed by atoms with Crippen LogP contribution < -0.4 is 5.32 Å². The van der Waals surface area contributed by atoms with Crippen molar-refractivity contribution in [2.45, 2.75) is 40.3 Å². The van der Waals surface area contributed by atoms with Gasteiger partial charge in [-0.25, -0.2) is 0 Å². The SMILES string of the molecule is CCCNCc1cnn(CC(C)C)c1.Cl. The molecule has 1 N–H and O–H groups in total. The minimum Gasteiger partial charge on any atom is -0.313 e. The molecule has 15 heavy (non-hydrogen) atoms. The van der Waals surface area contributed by atoms with Gasteiger partial charge in [0.05, 0.1) is 6.20 Å². The van der Waals surface area contributed by atoms with E-state index in [0.717, 1.165) is 19.6 Å². The Kier molecular flexibility index (Phi) is 7.44. The summed E-state index contributed by atoms with van der Waals surface area (Å²) in [6.45, 7) is 9.61. The molecule has 0 bridgehead atoms. The number of hydrogen-bond donors (Lipinski definition) is 1. The molecule has 0 saturated carbocycles. The number of halogens is 1. The van der Waals surface area contributed by atoms with Crippen LogP contribution >= 0.6 is 12.4 Å². The summed E-state index contributed by atoms with van der Waals surface area (Å²) in [5, 5.41) is 7.68. The third kappa shape index (κ3) is 5.80. The van der Waals surface area contributed by atoms with Crippen LogP contribution in [-0.4, -0.2) is 16.3 Å². The van der Waals surface area contributed by atoms with Crippen LogP contribution in [-0.2, 0) is 13.1 Å². The first kappa shape index (κ1) is 14.5. The number of rotatable bonds is 6. The highest BCUT2D eigenvalue weighted by Gasteiger charge is 1.99. The van der Waals surface area contributed by atoms with Crippen LogP contribution in [0.4, 0.5) is 0 Å². The molecule has 1 aromatic heterocycles. The van der Waals surface area contributed by atoms with Gasteiger partial charge in [0, 0.05) is 24.8 Å². The predicted octanol–water partition coefficient (Wildman–Crippen LogP) is 2.46. The minimum absolute atomic E-state index is 0. The van der Waals surface area contributed by atoms with E-state index in [-0.39, 0.29) is 12.4 Å². The van der Waals surface area contributed by atoms with Gasteiger partial charge in [0.1, 0.15) is 0 Å². The molecule has 3 nitrogen and oxygen atoms in total. The first-order valence-electron chi connectivity index (χ1n) is 5.44. The van der Waals surface area contributed by atoms with Gasteiger partial charge >= 0.3 is 0 Å². The van der Waals surface area contributed by atoms with E-state index in [4.69, 9.17) is 0 Å². The summed E-state index contributed by atoms with van der Waals surface area (Å²) >= 11 is 0. The molecule has 0 unspecified atom stereocenters. The molecule has 0 amide bonds. The lowest BCUT2D eigenvalue weighted by molar-refractivity contribution is 0.482. The average Bonchev–Trinajstić information content (AvgIpc) is 2.52. The topological polar surface area (TPSA) is 29.9 Å². The predicted molar refractivity (Wildman–Crippen MR) is 66.3 cm³/mol. The van der Waals surface area contributed by atoms with E-state index in [1.807, 2.05) is 10.9 Å². The number of nitrogens with zero attached hydrogens (tertiary/aromatic N) is 2. The van der Waals surface area contributed by atoms with Crippen LogP contribution in [0, 0.1) is 5.92 Å². The molecule has 0 atom stereocenters. The van der Waals surface area contributed by atoms with Crippen molar-refractivity contribution in [1.82, 2.24) is 15.1 Å². The van der Waals surface area contributed by atoms with Crippen LogP contribution in [0.5, 0.6) is 0 Å². The Labute approximate surface area is 98.7 Å². The van der Waals surface area contributed by atoms with Gasteiger partial charge in [-0.05, 0) is 18.9 Å². The molecule has 88 valence electrons. The van der Waals surface area contributed by atoms with Crippen LogP contribution in [0.15, 0.2) is 12.4 Å². The number of hydrogen-bond acceptors (Lipinski definition) is 2. The molecule has 1 rings (SSSR count).